The van der Waals surface area contributed by atoms with Crippen LogP contribution in [-0.4, -0.2) is 29.7 Å². The predicted molar refractivity (Wildman–Crippen MR) is 81.7 cm³/mol. The van der Waals surface area contributed by atoms with Crippen LogP contribution in [0.5, 0.6) is 0 Å². The largest absolute Gasteiger partial charge is 0.444 e. The van der Waals surface area contributed by atoms with Crippen LogP contribution in [0.2, 0.25) is 0 Å². The molecule has 3 nitrogen and oxygen atoms in total. The van der Waals surface area contributed by atoms with Gasteiger partial charge in [0.2, 0.25) is 0 Å². The molecule has 0 fully saturated rings. The lowest BCUT2D eigenvalue weighted by Crippen LogP contribution is -2.33. The first-order valence-electron chi connectivity index (χ1n) is 6.56. The normalized spacial score (nSPS) is 11.1. The number of alkyl carbamates (subject to hydrolysis) is 1. The van der Waals surface area contributed by atoms with Gasteiger partial charge in [-0.25, -0.2) is 4.79 Å². The molecule has 1 amide bonds. The van der Waals surface area contributed by atoms with Crippen molar-refractivity contribution >= 4 is 17.9 Å². The minimum Gasteiger partial charge on any atom is -0.444 e. The Balaban J connectivity index is 2.01. The molecule has 0 saturated carbocycles. The molecule has 0 heterocycles. The van der Waals surface area contributed by atoms with Crippen molar-refractivity contribution in [1.82, 2.24) is 5.32 Å². The molecule has 0 aliphatic carbocycles. The predicted octanol–water partition coefficient (Wildman–Crippen LogP) is 3.49. The average molecular weight is 281 g/mol. The van der Waals surface area contributed by atoms with Crippen molar-refractivity contribution in [3.05, 3.63) is 35.9 Å². The van der Waals surface area contributed by atoms with Gasteiger partial charge in [0.25, 0.3) is 0 Å². The second-order valence-corrected chi connectivity index (χ2v) is 6.50. The van der Waals surface area contributed by atoms with E-state index in [0.29, 0.717) is 6.54 Å². The van der Waals surface area contributed by atoms with E-state index in [1.807, 2.05) is 38.6 Å². The lowest BCUT2D eigenvalue weighted by Gasteiger charge is -2.19. The van der Waals surface area contributed by atoms with Gasteiger partial charge in [-0.2, -0.15) is 11.8 Å². The van der Waals surface area contributed by atoms with Crippen LogP contribution in [0, 0.1) is 0 Å². The molecule has 19 heavy (non-hydrogen) atoms. The van der Waals surface area contributed by atoms with Crippen molar-refractivity contribution in [2.24, 2.45) is 0 Å². The molecule has 0 saturated heterocycles. The highest BCUT2D eigenvalue weighted by molar-refractivity contribution is 7.99. The summed E-state index contributed by atoms with van der Waals surface area (Å²) in [7, 11) is 0. The molecule has 0 aliphatic heterocycles. The van der Waals surface area contributed by atoms with Gasteiger partial charge in [0.1, 0.15) is 5.60 Å². The number of ether oxygens (including phenoxy) is 1. The maximum atomic E-state index is 11.4. The summed E-state index contributed by atoms with van der Waals surface area (Å²) in [6, 6.07) is 10.4. The summed E-state index contributed by atoms with van der Waals surface area (Å²) in [6.07, 6.45) is 0.731. The van der Waals surface area contributed by atoms with E-state index in [4.69, 9.17) is 4.74 Å². The maximum absolute atomic E-state index is 11.4. The molecule has 0 unspecified atom stereocenters. The Morgan fingerprint density at radius 3 is 2.53 bits per heavy atom. The van der Waals surface area contributed by atoms with Crippen molar-refractivity contribution in [3.63, 3.8) is 0 Å². The molecule has 0 atom stereocenters. The van der Waals surface area contributed by atoms with Gasteiger partial charge >= 0.3 is 6.09 Å². The van der Waals surface area contributed by atoms with Crippen LogP contribution in [-0.2, 0) is 11.2 Å². The highest BCUT2D eigenvalue weighted by atomic mass is 32.2. The van der Waals surface area contributed by atoms with Crippen LogP contribution in [0.3, 0.4) is 0 Å². The number of carbonyl (C=O) groups is 1. The number of nitrogens with one attached hydrogen (secondary N) is 1. The van der Waals surface area contributed by atoms with E-state index in [2.05, 4.69) is 29.6 Å². The van der Waals surface area contributed by atoms with Gasteiger partial charge in [-0.05, 0) is 38.5 Å². The number of carbonyl (C=O) groups excluding carboxylic acids is 1. The molecule has 1 N–H and O–H groups in total. The Bertz CT molecular complexity index is 373. The lowest BCUT2D eigenvalue weighted by molar-refractivity contribution is 0.0531. The summed E-state index contributed by atoms with van der Waals surface area (Å²) < 4.78 is 5.15. The fourth-order valence-electron chi connectivity index (χ4n) is 1.48. The van der Waals surface area contributed by atoms with Gasteiger partial charge in [-0.3, -0.25) is 0 Å². The van der Waals surface area contributed by atoms with Crippen molar-refractivity contribution in [1.29, 1.82) is 0 Å². The third-order valence-corrected chi connectivity index (χ3v) is 3.28. The number of hydrogen-bond acceptors (Lipinski definition) is 3. The molecule has 0 radical (unpaired) electrons. The Kier molecular flexibility index (Phi) is 6.78. The molecule has 1 aromatic rings. The Morgan fingerprint density at radius 1 is 1.21 bits per heavy atom. The van der Waals surface area contributed by atoms with E-state index in [-0.39, 0.29) is 6.09 Å². The van der Waals surface area contributed by atoms with Crippen LogP contribution >= 0.6 is 11.8 Å². The van der Waals surface area contributed by atoms with Crippen LogP contribution in [0.4, 0.5) is 4.79 Å². The topological polar surface area (TPSA) is 38.3 Å². The molecule has 0 spiro atoms. The minimum atomic E-state index is -0.426. The maximum Gasteiger partial charge on any atom is 0.407 e. The summed E-state index contributed by atoms with van der Waals surface area (Å²) >= 11 is 1.84. The molecule has 4 heteroatoms. The number of hydrogen-bond donors (Lipinski definition) is 1. The zero-order valence-corrected chi connectivity index (χ0v) is 12.8. The zero-order chi connectivity index (χ0) is 14.1. The average Bonchev–Trinajstić information content (AvgIpc) is 2.32. The first kappa shape index (κ1) is 15.9. The molecule has 1 aromatic carbocycles. The Labute approximate surface area is 120 Å². The molecule has 1 rings (SSSR count). The number of rotatable bonds is 6. The third-order valence-electron chi connectivity index (χ3n) is 2.29. The molecule has 106 valence electrons. The molecule has 0 aliphatic rings. The fourth-order valence-corrected chi connectivity index (χ4v) is 2.31. The third kappa shape index (κ3) is 8.54. The van der Waals surface area contributed by atoms with Crippen LogP contribution in [0.1, 0.15) is 26.3 Å². The summed E-state index contributed by atoms with van der Waals surface area (Å²) in [6.45, 7) is 6.23. The van der Waals surface area contributed by atoms with Gasteiger partial charge in [-0.1, -0.05) is 30.3 Å². The van der Waals surface area contributed by atoms with Gasteiger partial charge in [0.05, 0.1) is 0 Å². The first-order chi connectivity index (χ1) is 8.97. The number of benzene rings is 1. The molecular formula is C15H23NO2S. The summed E-state index contributed by atoms with van der Waals surface area (Å²) in [5.74, 6) is 1.98. The van der Waals surface area contributed by atoms with Gasteiger partial charge in [0.15, 0.2) is 0 Å². The standard InChI is InChI=1S/C15H23NO2S/c1-15(2,3)18-14(17)16-10-12-19-11-9-13-7-5-4-6-8-13/h4-8H,9-12H2,1-3H3,(H,16,17). The van der Waals surface area contributed by atoms with E-state index < -0.39 is 5.60 Å². The summed E-state index contributed by atoms with van der Waals surface area (Å²) in [4.78, 5) is 11.4. The van der Waals surface area contributed by atoms with Crippen LogP contribution in [0.25, 0.3) is 0 Å². The van der Waals surface area contributed by atoms with Gasteiger partial charge < -0.3 is 10.1 Å². The smallest absolute Gasteiger partial charge is 0.407 e. The SMILES string of the molecule is CC(C)(C)OC(=O)NCCSCCc1ccccc1. The van der Waals surface area contributed by atoms with Crippen LogP contribution in [0.15, 0.2) is 30.3 Å². The van der Waals surface area contributed by atoms with E-state index in [9.17, 15) is 4.79 Å². The second kappa shape index (κ2) is 8.10. The minimum absolute atomic E-state index is 0.337. The number of amides is 1. The Morgan fingerprint density at radius 2 is 1.89 bits per heavy atom. The number of aryl methyl sites for hydroxylation is 1. The zero-order valence-electron chi connectivity index (χ0n) is 11.9. The van der Waals surface area contributed by atoms with E-state index in [0.717, 1.165) is 17.9 Å². The van der Waals surface area contributed by atoms with Crippen molar-refractivity contribution in [3.8, 4) is 0 Å². The van der Waals surface area contributed by atoms with Gasteiger partial charge in [0, 0.05) is 12.3 Å². The highest BCUT2D eigenvalue weighted by Gasteiger charge is 2.15. The van der Waals surface area contributed by atoms with E-state index in [1.165, 1.54) is 5.56 Å². The van der Waals surface area contributed by atoms with E-state index >= 15 is 0 Å². The van der Waals surface area contributed by atoms with E-state index in [1.54, 1.807) is 0 Å². The quantitative estimate of drug-likeness (QED) is 0.811. The second-order valence-electron chi connectivity index (χ2n) is 5.28. The Hall–Kier alpha value is -1.16. The molecule has 0 aromatic heterocycles. The van der Waals surface area contributed by atoms with Crippen molar-refractivity contribution in [2.75, 3.05) is 18.1 Å². The first-order valence-corrected chi connectivity index (χ1v) is 7.71. The molecular weight excluding hydrogens is 258 g/mol. The molecule has 0 bridgehead atoms. The van der Waals surface area contributed by atoms with Crippen LogP contribution < -0.4 is 5.32 Å². The lowest BCUT2D eigenvalue weighted by atomic mass is 10.2. The van der Waals surface area contributed by atoms with Crippen molar-refractivity contribution in [2.45, 2.75) is 32.8 Å². The van der Waals surface area contributed by atoms with Gasteiger partial charge in [-0.15, -0.1) is 0 Å². The summed E-state index contributed by atoms with van der Waals surface area (Å²) in [5.41, 5.74) is 0.931. The fraction of sp³-hybridized carbons (Fsp3) is 0.533. The number of thioether (sulfide) groups is 1. The van der Waals surface area contributed by atoms with Crippen molar-refractivity contribution < 1.29 is 9.53 Å². The highest BCUT2D eigenvalue weighted by Crippen LogP contribution is 2.07. The summed E-state index contributed by atoms with van der Waals surface area (Å²) in [5, 5.41) is 2.76. The monoisotopic (exact) mass is 281 g/mol.